The fourth-order valence-corrected chi connectivity index (χ4v) is 3.14. The predicted molar refractivity (Wildman–Crippen MR) is 96.2 cm³/mol. The molecule has 1 aromatic carbocycles. The summed E-state index contributed by atoms with van der Waals surface area (Å²) in [5.41, 5.74) is 7.95. The van der Waals surface area contributed by atoms with Gasteiger partial charge in [0.05, 0.1) is 16.1 Å². The smallest absolute Gasteiger partial charge is 0.228 e. The zero-order valence-electron chi connectivity index (χ0n) is 13.6. The summed E-state index contributed by atoms with van der Waals surface area (Å²) in [7, 11) is 1.75. The maximum absolute atomic E-state index is 13.6. The molecule has 0 saturated carbocycles. The quantitative estimate of drug-likeness (QED) is 0.724. The monoisotopic (exact) mass is 361 g/mol. The normalized spacial score (nSPS) is 15.1. The minimum Gasteiger partial charge on any atom is -0.383 e. The number of nitrogen functional groups attached to an aromatic ring is 1. The first-order chi connectivity index (χ1) is 12.0. The van der Waals surface area contributed by atoms with E-state index in [-0.39, 0.29) is 5.02 Å². The van der Waals surface area contributed by atoms with Crippen LogP contribution in [0.3, 0.4) is 0 Å². The van der Waals surface area contributed by atoms with E-state index in [2.05, 4.69) is 20.3 Å². The van der Waals surface area contributed by atoms with Crippen molar-refractivity contribution in [1.29, 1.82) is 0 Å². The van der Waals surface area contributed by atoms with Gasteiger partial charge in [-0.2, -0.15) is 10.1 Å². The fourth-order valence-electron chi connectivity index (χ4n) is 2.96. The van der Waals surface area contributed by atoms with Crippen LogP contribution in [-0.2, 0) is 7.05 Å². The summed E-state index contributed by atoms with van der Waals surface area (Å²) in [4.78, 5) is 11.4. The van der Waals surface area contributed by atoms with Crippen molar-refractivity contribution in [3.8, 4) is 11.3 Å². The lowest BCUT2D eigenvalue weighted by Crippen LogP contribution is -2.44. The van der Waals surface area contributed by atoms with Gasteiger partial charge in [0.15, 0.2) is 5.65 Å². The summed E-state index contributed by atoms with van der Waals surface area (Å²) in [5.74, 6) is 0.567. The van der Waals surface area contributed by atoms with E-state index in [9.17, 15) is 4.39 Å². The van der Waals surface area contributed by atoms with Crippen molar-refractivity contribution in [3.63, 3.8) is 0 Å². The Morgan fingerprint density at radius 2 is 2.00 bits per heavy atom. The standard InChI is InChI=1S/C16H17ClFN7/c1-24-14(19)12-13(9-2-3-11(18)10(17)8-9)21-16(22-15(12)23-24)25-6-4-20-5-7-25/h2-3,8,20H,4-7,19H2,1H3. The van der Waals surface area contributed by atoms with Gasteiger partial charge >= 0.3 is 0 Å². The molecule has 1 fully saturated rings. The summed E-state index contributed by atoms with van der Waals surface area (Å²) >= 11 is 5.96. The number of hydrogen-bond donors (Lipinski definition) is 2. The first kappa shape index (κ1) is 16.0. The van der Waals surface area contributed by atoms with Crippen molar-refractivity contribution in [2.45, 2.75) is 0 Å². The highest BCUT2D eigenvalue weighted by Gasteiger charge is 2.21. The molecule has 0 radical (unpaired) electrons. The van der Waals surface area contributed by atoms with Crippen molar-refractivity contribution >= 4 is 34.4 Å². The molecule has 0 atom stereocenters. The van der Waals surface area contributed by atoms with Crippen LogP contribution in [0.2, 0.25) is 5.02 Å². The van der Waals surface area contributed by atoms with E-state index in [1.807, 2.05) is 0 Å². The topological polar surface area (TPSA) is 84.9 Å². The maximum atomic E-state index is 13.6. The molecule has 0 spiro atoms. The molecular formula is C16H17ClFN7. The third-order valence-electron chi connectivity index (χ3n) is 4.32. The Morgan fingerprint density at radius 3 is 2.72 bits per heavy atom. The SMILES string of the molecule is Cn1nc2nc(N3CCNCC3)nc(-c3ccc(F)c(Cl)c3)c2c1N. The van der Waals surface area contributed by atoms with Gasteiger partial charge < -0.3 is 16.0 Å². The lowest BCUT2D eigenvalue weighted by atomic mass is 10.1. The second kappa shape index (κ2) is 6.12. The van der Waals surface area contributed by atoms with Crippen LogP contribution in [0.4, 0.5) is 16.2 Å². The second-order valence-corrected chi connectivity index (χ2v) is 6.35. The van der Waals surface area contributed by atoms with Gasteiger partial charge in [-0.3, -0.25) is 4.68 Å². The Kier molecular flexibility index (Phi) is 3.93. The molecule has 2 aromatic heterocycles. The van der Waals surface area contributed by atoms with Gasteiger partial charge in [-0.25, -0.2) is 9.37 Å². The molecule has 0 bridgehead atoms. The van der Waals surface area contributed by atoms with E-state index in [0.29, 0.717) is 34.1 Å². The molecule has 7 nitrogen and oxygen atoms in total. The van der Waals surface area contributed by atoms with E-state index in [4.69, 9.17) is 22.3 Å². The second-order valence-electron chi connectivity index (χ2n) is 5.95. The van der Waals surface area contributed by atoms with Gasteiger partial charge in [-0.05, 0) is 18.2 Å². The van der Waals surface area contributed by atoms with E-state index in [1.54, 1.807) is 23.9 Å². The summed E-state index contributed by atoms with van der Waals surface area (Å²) < 4.78 is 15.1. The van der Waals surface area contributed by atoms with Crippen LogP contribution in [0, 0.1) is 5.82 Å². The number of nitrogens with zero attached hydrogens (tertiary/aromatic N) is 5. The molecule has 4 rings (SSSR count). The van der Waals surface area contributed by atoms with Crippen LogP contribution in [-0.4, -0.2) is 45.9 Å². The number of hydrogen-bond acceptors (Lipinski definition) is 6. The predicted octanol–water partition coefficient (Wildman–Crippen LogP) is 1.81. The molecule has 0 amide bonds. The van der Waals surface area contributed by atoms with E-state index in [1.165, 1.54) is 6.07 Å². The minimum atomic E-state index is -0.475. The Labute approximate surface area is 148 Å². The molecule has 3 aromatic rings. The van der Waals surface area contributed by atoms with E-state index >= 15 is 0 Å². The number of aryl methyl sites for hydroxylation is 1. The van der Waals surface area contributed by atoms with Gasteiger partial charge in [-0.15, -0.1) is 0 Å². The molecule has 3 heterocycles. The summed E-state index contributed by atoms with van der Waals surface area (Å²) in [6, 6.07) is 4.51. The van der Waals surface area contributed by atoms with Crippen LogP contribution in [0.15, 0.2) is 18.2 Å². The molecule has 130 valence electrons. The van der Waals surface area contributed by atoms with Crippen molar-refractivity contribution in [2.75, 3.05) is 36.8 Å². The third-order valence-corrected chi connectivity index (χ3v) is 4.61. The minimum absolute atomic E-state index is 0.0375. The number of piperazine rings is 1. The van der Waals surface area contributed by atoms with Crippen LogP contribution >= 0.6 is 11.6 Å². The zero-order chi connectivity index (χ0) is 17.6. The summed E-state index contributed by atoms with van der Waals surface area (Å²) in [6.07, 6.45) is 0. The number of aromatic nitrogens is 4. The highest BCUT2D eigenvalue weighted by molar-refractivity contribution is 6.31. The highest BCUT2D eigenvalue weighted by Crippen LogP contribution is 2.33. The first-order valence-corrected chi connectivity index (χ1v) is 8.33. The Hall–Kier alpha value is -2.45. The van der Waals surface area contributed by atoms with Crippen LogP contribution in [0.5, 0.6) is 0 Å². The molecule has 1 aliphatic heterocycles. The molecule has 0 aliphatic carbocycles. The van der Waals surface area contributed by atoms with Crippen LogP contribution in [0.1, 0.15) is 0 Å². The molecule has 3 N–H and O–H groups in total. The summed E-state index contributed by atoms with van der Waals surface area (Å²) in [5, 5.41) is 8.36. The lowest BCUT2D eigenvalue weighted by Gasteiger charge is -2.27. The summed E-state index contributed by atoms with van der Waals surface area (Å²) in [6.45, 7) is 3.34. The number of benzene rings is 1. The molecular weight excluding hydrogens is 345 g/mol. The van der Waals surface area contributed by atoms with Crippen LogP contribution < -0.4 is 16.0 Å². The number of anilines is 2. The van der Waals surface area contributed by atoms with Crippen molar-refractivity contribution in [3.05, 3.63) is 29.0 Å². The highest BCUT2D eigenvalue weighted by atomic mass is 35.5. The average molecular weight is 362 g/mol. The van der Waals surface area contributed by atoms with Gasteiger partial charge in [0, 0.05) is 38.8 Å². The number of nitrogens with one attached hydrogen (secondary N) is 1. The van der Waals surface area contributed by atoms with E-state index < -0.39 is 5.82 Å². The number of fused-ring (bicyclic) bond motifs is 1. The zero-order valence-corrected chi connectivity index (χ0v) is 14.4. The third kappa shape index (κ3) is 2.77. The van der Waals surface area contributed by atoms with Gasteiger partial charge in [0.2, 0.25) is 5.95 Å². The molecule has 25 heavy (non-hydrogen) atoms. The Bertz CT molecular complexity index is 949. The molecule has 1 aliphatic rings. The van der Waals surface area contributed by atoms with Crippen molar-refractivity contribution in [1.82, 2.24) is 25.1 Å². The Balaban J connectivity index is 1.94. The molecule has 1 saturated heterocycles. The van der Waals surface area contributed by atoms with E-state index in [0.717, 1.165) is 26.2 Å². The number of nitrogens with two attached hydrogens (primary N) is 1. The Morgan fingerprint density at radius 1 is 1.24 bits per heavy atom. The molecule has 9 heteroatoms. The maximum Gasteiger partial charge on any atom is 0.228 e. The fraction of sp³-hybridized carbons (Fsp3) is 0.312. The first-order valence-electron chi connectivity index (χ1n) is 7.96. The number of halogens is 2. The number of rotatable bonds is 2. The lowest BCUT2D eigenvalue weighted by molar-refractivity contribution is 0.580. The van der Waals surface area contributed by atoms with Crippen LogP contribution in [0.25, 0.3) is 22.3 Å². The molecule has 0 unspecified atom stereocenters. The van der Waals surface area contributed by atoms with Gasteiger partial charge in [-0.1, -0.05) is 11.6 Å². The van der Waals surface area contributed by atoms with Gasteiger partial charge in [0.25, 0.3) is 0 Å². The average Bonchev–Trinajstić information content (AvgIpc) is 2.92. The largest absolute Gasteiger partial charge is 0.383 e. The van der Waals surface area contributed by atoms with Crippen molar-refractivity contribution in [2.24, 2.45) is 7.05 Å². The van der Waals surface area contributed by atoms with Crippen molar-refractivity contribution < 1.29 is 4.39 Å². The van der Waals surface area contributed by atoms with Gasteiger partial charge in [0.1, 0.15) is 11.6 Å².